The molecule has 1 aliphatic rings. The van der Waals surface area contributed by atoms with Gasteiger partial charge >= 0.3 is 0 Å². The Kier molecular flexibility index (Phi) is 6.04. The number of rotatable bonds is 7. The molecule has 1 aromatic carbocycles. The van der Waals surface area contributed by atoms with Crippen LogP contribution in [-0.2, 0) is 6.54 Å². The minimum atomic E-state index is -0.477. The summed E-state index contributed by atoms with van der Waals surface area (Å²) in [6.45, 7) is 7.84. The first-order valence-electron chi connectivity index (χ1n) is 9.06. The summed E-state index contributed by atoms with van der Waals surface area (Å²) < 4.78 is 7.66. The molecule has 2 aromatic rings. The fraction of sp³-hybridized carbons (Fsp3) is 0.579. The molecule has 1 N–H and O–H groups in total. The maximum absolute atomic E-state index is 10.3. The highest BCUT2D eigenvalue weighted by Crippen LogP contribution is 2.19. The summed E-state index contributed by atoms with van der Waals surface area (Å²) in [5.74, 6) is 3.16. The normalized spacial score (nSPS) is 19.7. The Morgan fingerprint density at radius 2 is 2.08 bits per heavy atom. The van der Waals surface area contributed by atoms with E-state index in [2.05, 4.69) is 15.0 Å². The molecule has 1 saturated heterocycles. The van der Waals surface area contributed by atoms with Gasteiger partial charge in [-0.15, -0.1) is 0 Å². The Morgan fingerprint density at radius 1 is 1.28 bits per heavy atom. The lowest BCUT2D eigenvalue weighted by Crippen LogP contribution is -2.42. The molecule has 6 heteroatoms. The number of piperidine rings is 1. The van der Waals surface area contributed by atoms with E-state index >= 15 is 0 Å². The van der Waals surface area contributed by atoms with Gasteiger partial charge in [0, 0.05) is 19.6 Å². The highest BCUT2D eigenvalue weighted by molar-refractivity contribution is 5.20. The molecular formula is C19H28N4O2. The second kappa shape index (κ2) is 8.45. The van der Waals surface area contributed by atoms with E-state index in [0.29, 0.717) is 19.1 Å². The highest BCUT2D eigenvalue weighted by Gasteiger charge is 2.23. The van der Waals surface area contributed by atoms with Crippen LogP contribution in [0.2, 0.25) is 0 Å². The molecule has 0 bridgehead atoms. The average Bonchev–Trinajstić information content (AvgIpc) is 2.91. The van der Waals surface area contributed by atoms with Crippen molar-refractivity contribution in [3.05, 3.63) is 42.0 Å². The number of ether oxygens (including phenoxy) is 1. The molecule has 0 spiro atoms. The van der Waals surface area contributed by atoms with Gasteiger partial charge in [-0.25, -0.2) is 9.67 Å². The Morgan fingerprint density at radius 3 is 2.80 bits per heavy atom. The van der Waals surface area contributed by atoms with Crippen LogP contribution in [0.5, 0.6) is 5.75 Å². The van der Waals surface area contributed by atoms with Crippen molar-refractivity contribution in [1.29, 1.82) is 0 Å². The predicted molar refractivity (Wildman–Crippen MR) is 96.6 cm³/mol. The molecule has 2 atom stereocenters. The number of aromatic nitrogens is 3. The lowest BCUT2D eigenvalue weighted by Gasteiger charge is -2.33. The quantitative estimate of drug-likeness (QED) is 0.833. The molecule has 1 fully saturated rings. The lowest BCUT2D eigenvalue weighted by molar-refractivity contribution is 0.0494. The number of benzene rings is 1. The van der Waals surface area contributed by atoms with E-state index < -0.39 is 6.10 Å². The third kappa shape index (κ3) is 5.28. The number of β-amino-alcohol motifs (C(OH)–C–C–N with tert-alkyl or cyclic N) is 1. The SMILES string of the molecule is Cc1nc(C)n(C[C@H]2CCCN(C[C@H](O)COc3ccccc3)C2)n1. The van der Waals surface area contributed by atoms with Crippen molar-refractivity contribution in [2.45, 2.75) is 39.3 Å². The highest BCUT2D eigenvalue weighted by atomic mass is 16.5. The topological polar surface area (TPSA) is 63.4 Å². The lowest BCUT2D eigenvalue weighted by atomic mass is 9.98. The second-order valence-corrected chi connectivity index (χ2v) is 6.93. The van der Waals surface area contributed by atoms with Crippen LogP contribution in [-0.4, -0.2) is 57.1 Å². The fourth-order valence-electron chi connectivity index (χ4n) is 3.50. The van der Waals surface area contributed by atoms with Gasteiger partial charge in [-0.3, -0.25) is 0 Å². The first kappa shape index (κ1) is 17.9. The average molecular weight is 344 g/mol. The predicted octanol–water partition coefficient (Wildman–Crippen LogP) is 2.05. The second-order valence-electron chi connectivity index (χ2n) is 6.93. The van der Waals surface area contributed by atoms with Crippen molar-refractivity contribution in [3.8, 4) is 5.75 Å². The van der Waals surface area contributed by atoms with Crippen molar-refractivity contribution in [1.82, 2.24) is 19.7 Å². The summed E-state index contributed by atoms with van der Waals surface area (Å²) >= 11 is 0. The maximum Gasteiger partial charge on any atom is 0.147 e. The van der Waals surface area contributed by atoms with E-state index in [0.717, 1.165) is 43.5 Å². The molecule has 6 nitrogen and oxygen atoms in total. The standard InChI is InChI=1S/C19H28N4O2/c1-15-20-16(2)23(21-15)12-17-7-6-10-22(11-17)13-18(24)14-25-19-8-4-3-5-9-19/h3-5,8-9,17-18,24H,6-7,10-14H2,1-2H3/t17-,18-/m0/s1. The van der Waals surface area contributed by atoms with E-state index in [1.54, 1.807) is 0 Å². The Hall–Kier alpha value is -1.92. The zero-order valence-electron chi connectivity index (χ0n) is 15.1. The van der Waals surface area contributed by atoms with Gasteiger partial charge < -0.3 is 14.7 Å². The van der Waals surface area contributed by atoms with Crippen LogP contribution in [0.3, 0.4) is 0 Å². The monoisotopic (exact) mass is 344 g/mol. The summed E-state index contributed by atoms with van der Waals surface area (Å²) in [5.41, 5.74) is 0. The molecule has 2 heterocycles. The van der Waals surface area contributed by atoms with Gasteiger partial charge in [0.1, 0.15) is 30.1 Å². The molecule has 25 heavy (non-hydrogen) atoms. The van der Waals surface area contributed by atoms with Gasteiger partial charge in [0.2, 0.25) is 0 Å². The zero-order valence-corrected chi connectivity index (χ0v) is 15.1. The fourth-order valence-corrected chi connectivity index (χ4v) is 3.50. The molecule has 1 aliphatic heterocycles. The molecule has 0 amide bonds. The minimum absolute atomic E-state index is 0.326. The number of hydrogen-bond acceptors (Lipinski definition) is 5. The number of para-hydroxylation sites is 1. The van der Waals surface area contributed by atoms with Crippen LogP contribution in [0.1, 0.15) is 24.5 Å². The van der Waals surface area contributed by atoms with Gasteiger partial charge in [0.25, 0.3) is 0 Å². The summed E-state index contributed by atoms with van der Waals surface area (Å²) in [6, 6.07) is 9.64. The van der Waals surface area contributed by atoms with Crippen LogP contribution >= 0.6 is 0 Å². The number of nitrogens with zero attached hydrogens (tertiary/aromatic N) is 4. The third-order valence-corrected chi connectivity index (χ3v) is 4.65. The number of hydrogen-bond donors (Lipinski definition) is 1. The number of aliphatic hydroxyl groups excluding tert-OH is 1. The Balaban J connectivity index is 1.45. The molecule has 136 valence electrons. The van der Waals surface area contributed by atoms with E-state index in [9.17, 15) is 5.11 Å². The third-order valence-electron chi connectivity index (χ3n) is 4.65. The van der Waals surface area contributed by atoms with E-state index in [1.807, 2.05) is 48.9 Å². The molecule has 3 rings (SSSR count). The van der Waals surface area contributed by atoms with Gasteiger partial charge in [0.05, 0.1) is 0 Å². The Labute approximate surface area is 149 Å². The summed E-state index contributed by atoms with van der Waals surface area (Å²) in [4.78, 5) is 6.72. The molecule has 0 aliphatic carbocycles. The van der Waals surface area contributed by atoms with E-state index in [1.165, 1.54) is 6.42 Å². The van der Waals surface area contributed by atoms with Crippen molar-refractivity contribution < 1.29 is 9.84 Å². The van der Waals surface area contributed by atoms with Crippen molar-refractivity contribution in [3.63, 3.8) is 0 Å². The minimum Gasteiger partial charge on any atom is -0.491 e. The zero-order chi connectivity index (χ0) is 17.6. The van der Waals surface area contributed by atoms with Gasteiger partial charge in [-0.1, -0.05) is 18.2 Å². The van der Waals surface area contributed by atoms with Gasteiger partial charge in [0.15, 0.2) is 0 Å². The van der Waals surface area contributed by atoms with Crippen molar-refractivity contribution in [2.75, 3.05) is 26.2 Å². The van der Waals surface area contributed by atoms with Crippen LogP contribution < -0.4 is 4.74 Å². The first-order chi connectivity index (χ1) is 12.1. The summed E-state index contributed by atoms with van der Waals surface area (Å²) in [7, 11) is 0. The first-order valence-corrected chi connectivity index (χ1v) is 9.06. The number of aryl methyl sites for hydroxylation is 2. The number of aliphatic hydroxyl groups is 1. The van der Waals surface area contributed by atoms with Crippen LogP contribution in [0.15, 0.2) is 30.3 Å². The summed E-state index contributed by atoms with van der Waals surface area (Å²) in [6.07, 6.45) is 1.88. The van der Waals surface area contributed by atoms with Crippen LogP contribution in [0.4, 0.5) is 0 Å². The maximum atomic E-state index is 10.3. The largest absolute Gasteiger partial charge is 0.491 e. The van der Waals surface area contributed by atoms with Gasteiger partial charge in [-0.05, 0) is 51.3 Å². The molecule has 0 radical (unpaired) electrons. The van der Waals surface area contributed by atoms with Gasteiger partial charge in [-0.2, -0.15) is 5.10 Å². The summed E-state index contributed by atoms with van der Waals surface area (Å²) in [5, 5.41) is 14.8. The molecular weight excluding hydrogens is 316 g/mol. The van der Waals surface area contributed by atoms with Crippen molar-refractivity contribution in [2.24, 2.45) is 5.92 Å². The van der Waals surface area contributed by atoms with Crippen LogP contribution in [0, 0.1) is 19.8 Å². The van der Waals surface area contributed by atoms with Crippen LogP contribution in [0.25, 0.3) is 0 Å². The molecule has 1 aromatic heterocycles. The van der Waals surface area contributed by atoms with E-state index in [-0.39, 0.29) is 0 Å². The molecule has 0 saturated carbocycles. The smallest absolute Gasteiger partial charge is 0.147 e. The van der Waals surface area contributed by atoms with E-state index in [4.69, 9.17) is 4.74 Å². The molecule has 0 unspecified atom stereocenters. The Bertz CT molecular complexity index is 659. The number of likely N-dealkylation sites (tertiary alicyclic amines) is 1. The van der Waals surface area contributed by atoms with Crippen molar-refractivity contribution >= 4 is 0 Å².